The van der Waals surface area contributed by atoms with Gasteiger partial charge < -0.3 is 5.32 Å². The van der Waals surface area contributed by atoms with Gasteiger partial charge in [-0.15, -0.1) is 0 Å². The first-order valence-corrected chi connectivity index (χ1v) is 5.63. The van der Waals surface area contributed by atoms with Gasteiger partial charge in [-0.2, -0.15) is 0 Å². The van der Waals surface area contributed by atoms with Crippen LogP contribution in [0.2, 0.25) is 0 Å². The molecule has 1 aliphatic carbocycles. The number of carbonyl (C=O) groups excluding carboxylic acids is 1. The summed E-state index contributed by atoms with van der Waals surface area (Å²) < 4.78 is 0. The van der Waals surface area contributed by atoms with E-state index in [-0.39, 0.29) is 5.91 Å². The monoisotopic (exact) mass is 205 g/mol. The van der Waals surface area contributed by atoms with Crippen molar-refractivity contribution in [3.05, 3.63) is 35.4 Å². The fourth-order valence-corrected chi connectivity index (χ4v) is 1.28. The SMILES string of the molecule is CC.Cc1cccc(C(=O)NC2CC2)c1. The van der Waals surface area contributed by atoms with E-state index in [1.54, 1.807) is 0 Å². The smallest absolute Gasteiger partial charge is 0.251 e. The molecular weight excluding hydrogens is 186 g/mol. The number of hydrogen-bond donors (Lipinski definition) is 1. The van der Waals surface area contributed by atoms with Gasteiger partial charge in [0.2, 0.25) is 0 Å². The van der Waals surface area contributed by atoms with Crippen molar-refractivity contribution in [2.45, 2.75) is 39.7 Å². The van der Waals surface area contributed by atoms with Crippen LogP contribution in [0, 0.1) is 6.92 Å². The van der Waals surface area contributed by atoms with Crippen molar-refractivity contribution < 1.29 is 4.79 Å². The Labute approximate surface area is 91.7 Å². The molecule has 0 aromatic heterocycles. The Hall–Kier alpha value is -1.31. The first kappa shape index (κ1) is 11.8. The van der Waals surface area contributed by atoms with E-state index in [9.17, 15) is 4.79 Å². The molecular formula is C13H19NO. The van der Waals surface area contributed by atoms with Crippen LogP contribution in [0.5, 0.6) is 0 Å². The van der Waals surface area contributed by atoms with Crippen LogP contribution in [-0.2, 0) is 0 Å². The van der Waals surface area contributed by atoms with Crippen LogP contribution in [0.3, 0.4) is 0 Å². The van der Waals surface area contributed by atoms with Gasteiger partial charge in [-0.05, 0) is 31.9 Å². The van der Waals surface area contributed by atoms with Crippen molar-refractivity contribution in [3.63, 3.8) is 0 Å². The highest BCUT2D eigenvalue weighted by Crippen LogP contribution is 2.19. The molecule has 1 amide bonds. The van der Waals surface area contributed by atoms with Crippen molar-refractivity contribution in [2.24, 2.45) is 0 Å². The van der Waals surface area contributed by atoms with E-state index in [2.05, 4.69) is 5.32 Å². The van der Waals surface area contributed by atoms with Crippen molar-refractivity contribution in [1.82, 2.24) is 5.32 Å². The van der Waals surface area contributed by atoms with Gasteiger partial charge in [0.25, 0.3) is 5.91 Å². The molecule has 2 heteroatoms. The molecule has 1 aliphatic rings. The average molecular weight is 205 g/mol. The summed E-state index contributed by atoms with van der Waals surface area (Å²) in [5, 5.41) is 2.96. The predicted molar refractivity (Wildman–Crippen MR) is 63.0 cm³/mol. The molecule has 2 rings (SSSR count). The Morgan fingerprint density at radius 2 is 2.00 bits per heavy atom. The Bertz CT molecular complexity index is 329. The molecule has 0 radical (unpaired) electrons. The summed E-state index contributed by atoms with van der Waals surface area (Å²) >= 11 is 0. The van der Waals surface area contributed by atoms with Gasteiger partial charge in [-0.25, -0.2) is 0 Å². The minimum Gasteiger partial charge on any atom is -0.349 e. The van der Waals surface area contributed by atoms with E-state index in [1.807, 2.05) is 45.0 Å². The average Bonchev–Trinajstić information content (AvgIpc) is 3.05. The summed E-state index contributed by atoms with van der Waals surface area (Å²) in [6.07, 6.45) is 2.27. The maximum Gasteiger partial charge on any atom is 0.251 e. The fourth-order valence-electron chi connectivity index (χ4n) is 1.28. The number of amides is 1. The molecule has 0 atom stereocenters. The lowest BCUT2D eigenvalue weighted by molar-refractivity contribution is 0.0951. The molecule has 0 heterocycles. The lowest BCUT2D eigenvalue weighted by Crippen LogP contribution is -2.25. The van der Waals surface area contributed by atoms with E-state index in [0.717, 1.165) is 24.0 Å². The maximum atomic E-state index is 11.5. The number of rotatable bonds is 2. The largest absolute Gasteiger partial charge is 0.349 e. The number of benzene rings is 1. The molecule has 2 nitrogen and oxygen atoms in total. The van der Waals surface area contributed by atoms with Crippen LogP contribution in [0.1, 0.15) is 42.6 Å². The third-order valence-electron chi connectivity index (χ3n) is 2.19. The highest BCUT2D eigenvalue weighted by Gasteiger charge is 2.23. The van der Waals surface area contributed by atoms with Crippen LogP contribution in [0.15, 0.2) is 24.3 Å². The lowest BCUT2D eigenvalue weighted by atomic mass is 10.1. The van der Waals surface area contributed by atoms with Crippen LogP contribution >= 0.6 is 0 Å². The van der Waals surface area contributed by atoms with E-state index in [1.165, 1.54) is 0 Å². The van der Waals surface area contributed by atoms with Crippen molar-refractivity contribution >= 4 is 5.91 Å². The third-order valence-corrected chi connectivity index (χ3v) is 2.19. The summed E-state index contributed by atoms with van der Waals surface area (Å²) in [7, 11) is 0. The second kappa shape index (κ2) is 5.54. The minimum atomic E-state index is 0.0613. The van der Waals surface area contributed by atoms with Crippen molar-refractivity contribution in [3.8, 4) is 0 Å². The van der Waals surface area contributed by atoms with Crippen LogP contribution in [-0.4, -0.2) is 11.9 Å². The van der Waals surface area contributed by atoms with Gasteiger partial charge in [0.15, 0.2) is 0 Å². The Balaban J connectivity index is 0.000000531. The Kier molecular flexibility index (Phi) is 4.35. The lowest BCUT2D eigenvalue weighted by Gasteiger charge is -2.03. The highest BCUT2D eigenvalue weighted by molar-refractivity contribution is 5.94. The van der Waals surface area contributed by atoms with E-state index in [4.69, 9.17) is 0 Å². The van der Waals surface area contributed by atoms with Crippen LogP contribution in [0.4, 0.5) is 0 Å². The molecule has 1 aromatic rings. The first-order chi connectivity index (χ1) is 7.25. The standard InChI is InChI=1S/C11H13NO.C2H6/c1-8-3-2-4-9(7-8)11(13)12-10-5-6-10;1-2/h2-4,7,10H,5-6H2,1H3,(H,12,13);1-2H3. The normalized spacial score (nSPS) is 13.8. The summed E-state index contributed by atoms with van der Waals surface area (Å²) in [5.74, 6) is 0.0613. The number of nitrogens with one attached hydrogen (secondary N) is 1. The van der Waals surface area contributed by atoms with Gasteiger partial charge in [-0.1, -0.05) is 31.5 Å². The summed E-state index contributed by atoms with van der Waals surface area (Å²) in [6.45, 7) is 5.99. The molecule has 0 aliphatic heterocycles. The highest BCUT2D eigenvalue weighted by atomic mass is 16.1. The van der Waals surface area contributed by atoms with Crippen LogP contribution < -0.4 is 5.32 Å². The molecule has 1 saturated carbocycles. The van der Waals surface area contributed by atoms with E-state index in [0.29, 0.717) is 6.04 Å². The fraction of sp³-hybridized carbons (Fsp3) is 0.462. The Morgan fingerprint density at radius 3 is 2.53 bits per heavy atom. The second-order valence-electron chi connectivity index (χ2n) is 3.62. The third kappa shape index (κ3) is 3.74. The maximum absolute atomic E-state index is 11.5. The molecule has 0 bridgehead atoms. The summed E-state index contributed by atoms with van der Waals surface area (Å²) in [6, 6.07) is 8.11. The second-order valence-corrected chi connectivity index (χ2v) is 3.62. The van der Waals surface area contributed by atoms with Gasteiger partial charge in [0.1, 0.15) is 0 Å². The molecule has 0 saturated heterocycles. The van der Waals surface area contributed by atoms with Gasteiger partial charge in [-0.3, -0.25) is 4.79 Å². The van der Waals surface area contributed by atoms with Crippen molar-refractivity contribution in [1.29, 1.82) is 0 Å². The van der Waals surface area contributed by atoms with Crippen molar-refractivity contribution in [2.75, 3.05) is 0 Å². The molecule has 0 unspecified atom stereocenters. The topological polar surface area (TPSA) is 29.1 Å². The quantitative estimate of drug-likeness (QED) is 0.790. The molecule has 82 valence electrons. The van der Waals surface area contributed by atoms with Crippen LogP contribution in [0.25, 0.3) is 0 Å². The summed E-state index contributed by atoms with van der Waals surface area (Å²) in [4.78, 5) is 11.5. The first-order valence-electron chi connectivity index (χ1n) is 5.63. The number of carbonyl (C=O) groups is 1. The van der Waals surface area contributed by atoms with Gasteiger partial charge >= 0.3 is 0 Å². The number of aryl methyl sites for hydroxylation is 1. The molecule has 1 fully saturated rings. The van der Waals surface area contributed by atoms with Gasteiger partial charge in [0, 0.05) is 11.6 Å². The molecule has 0 spiro atoms. The molecule has 15 heavy (non-hydrogen) atoms. The zero-order valence-electron chi connectivity index (χ0n) is 9.71. The van der Waals surface area contributed by atoms with Gasteiger partial charge in [0.05, 0.1) is 0 Å². The summed E-state index contributed by atoms with van der Waals surface area (Å²) in [5.41, 5.74) is 1.90. The minimum absolute atomic E-state index is 0.0613. The van der Waals surface area contributed by atoms with E-state index >= 15 is 0 Å². The predicted octanol–water partition coefficient (Wildman–Crippen LogP) is 2.91. The Morgan fingerprint density at radius 1 is 1.33 bits per heavy atom. The number of hydrogen-bond acceptors (Lipinski definition) is 1. The molecule has 1 aromatic carbocycles. The van der Waals surface area contributed by atoms with E-state index < -0.39 is 0 Å². The zero-order valence-corrected chi connectivity index (χ0v) is 9.71. The molecule has 1 N–H and O–H groups in total. The zero-order chi connectivity index (χ0) is 11.3.